The van der Waals surface area contributed by atoms with Gasteiger partial charge in [0.05, 0.1) is 18.7 Å². The summed E-state index contributed by atoms with van der Waals surface area (Å²) in [6.07, 6.45) is -0.841. The molecule has 0 aromatic heterocycles. The van der Waals surface area contributed by atoms with Crippen LogP contribution in [0.4, 0.5) is 27.6 Å². The quantitative estimate of drug-likeness (QED) is 0.188. The van der Waals surface area contributed by atoms with Gasteiger partial charge in [0.2, 0.25) is 0 Å². The second-order valence-electron chi connectivity index (χ2n) is 11.5. The molecule has 1 N–H and O–H groups in total. The van der Waals surface area contributed by atoms with Gasteiger partial charge < -0.3 is 15.0 Å². The van der Waals surface area contributed by atoms with Crippen molar-refractivity contribution < 1.29 is 36.3 Å². The summed E-state index contributed by atoms with van der Waals surface area (Å²) < 4.78 is 74.7. The Morgan fingerprint density at radius 3 is 2.38 bits per heavy atom. The molecule has 4 aromatic carbocycles. The number of nitrogens with one attached hydrogen (secondary N) is 1. The minimum absolute atomic E-state index is 0.0757. The molecule has 1 heterocycles. The fourth-order valence-corrected chi connectivity index (χ4v) is 7.66. The third-order valence-electron chi connectivity index (χ3n) is 8.33. The van der Waals surface area contributed by atoms with Crippen LogP contribution in [0.3, 0.4) is 0 Å². The van der Waals surface area contributed by atoms with Gasteiger partial charge in [-0.2, -0.15) is 13.2 Å². The second-order valence-corrected chi connectivity index (χ2v) is 13.3. The minimum atomic E-state index is -4.89. The average Bonchev–Trinajstić information content (AvgIpc) is 3.64. The molecule has 6 rings (SSSR count). The smallest absolute Gasteiger partial charge is 0.416 e. The number of halogens is 6. The van der Waals surface area contributed by atoms with Gasteiger partial charge >= 0.3 is 6.18 Å². The lowest BCUT2D eigenvalue weighted by molar-refractivity contribution is -0.137. The molecule has 1 aliphatic heterocycles. The number of fused-ring (bicyclic) bond motifs is 1. The predicted molar refractivity (Wildman–Crippen MR) is 170 cm³/mol. The van der Waals surface area contributed by atoms with Gasteiger partial charge in [0, 0.05) is 49.7 Å². The van der Waals surface area contributed by atoms with E-state index in [2.05, 4.69) is 5.32 Å². The Morgan fingerprint density at radius 2 is 1.70 bits per heavy atom. The highest BCUT2D eigenvalue weighted by Gasteiger charge is 2.42. The van der Waals surface area contributed by atoms with Crippen LogP contribution < -0.4 is 10.1 Å². The van der Waals surface area contributed by atoms with E-state index in [1.54, 1.807) is 48.2 Å². The molecule has 0 spiro atoms. The highest BCUT2D eigenvalue weighted by Crippen LogP contribution is 2.48. The number of hydrogen-bond acceptors (Lipinski definition) is 4. The van der Waals surface area contributed by atoms with Crippen molar-refractivity contribution in [1.29, 1.82) is 0 Å². The van der Waals surface area contributed by atoms with E-state index in [1.165, 1.54) is 30.2 Å². The summed E-state index contributed by atoms with van der Waals surface area (Å²) in [4.78, 5) is 30.0. The predicted octanol–water partition coefficient (Wildman–Crippen LogP) is 9.68. The first-order valence-corrected chi connectivity index (χ1v) is 16.1. The van der Waals surface area contributed by atoms with Crippen LogP contribution in [-0.4, -0.2) is 29.1 Å². The average molecular weight is 687 g/mol. The number of benzene rings is 4. The third-order valence-corrected chi connectivity index (χ3v) is 9.99. The van der Waals surface area contributed by atoms with E-state index < -0.39 is 46.8 Å². The van der Waals surface area contributed by atoms with Crippen LogP contribution in [-0.2, 0) is 12.7 Å². The number of carbonyl (C=O) groups is 2. The molecule has 1 atom stereocenters. The van der Waals surface area contributed by atoms with E-state index in [1.807, 2.05) is 0 Å². The fraction of sp³-hybridized carbons (Fsp3) is 0.257. The molecular formula is C35H28ClF5N2O3S. The fourth-order valence-electron chi connectivity index (χ4n) is 6.11. The maximum absolute atomic E-state index is 14.7. The van der Waals surface area contributed by atoms with Gasteiger partial charge in [-0.25, -0.2) is 8.78 Å². The number of ether oxygens (including phenoxy) is 1. The first-order chi connectivity index (χ1) is 22.4. The first-order valence-electron chi connectivity index (χ1n) is 14.8. The molecule has 2 amide bonds. The molecule has 12 heteroatoms. The molecule has 5 nitrogen and oxygen atoms in total. The molecule has 244 valence electrons. The van der Waals surface area contributed by atoms with Gasteiger partial charge in [0.25, 0.3) is 11.8 Å². The Bertz CT molecular complexity index is 1840. The van der Waals surface area contributed by atoms with Crippen LogP contribution in [0.5, 0.6) is 5.75 Å². The lowest BCUT2D eigenvalue weighted by Gasteiger charge is -2.28. The van der Waals surface area contributed by atoms with Crippen molar-refractivity contribution in [3.05, 3.63) is 123 Å². The van der Waals surface area contributed by atoms with Gasteiger partial charge in [-0.3, -0.25) is 9.59 Å². The van der Waals surface area contributed by atoms with Crippen molar-refractivity contribution in [3.63, 3.8) is 0 Å². The lowest BCUT2D eigenvalue weighted by Crippen LogP contribution is -2.28. The second kappa shape index (κ2) is 13.2. The van der Waals surface area contributed by atoms with Crippen LogP contribution in [0.15, 0.2) is 77.7 Å². The van der Waals surface area contributed by atoms with Crippen molar-refractivity contribution in [2.75, 3.05) is 12.4 Å². The van der Waals surface area contributed by atoms with E-state index in [-0.39, 0.29) is 33.6 Å². The van der Waals surface area contributed by atoms with Gasteiger partial charge in [-0.05, 0) is 79.1 Å². The molecule has 0 bridgehead atoms. The van der Waals surface area contributed by atoms with Gasteiger partial charge in [0.15, 0.2) is 0 Å². The zero-order chi connectivity index (χ0) is 33.5. The third kappa shape index (κ3) is 6.96. The molecule has 0 radical (unpaired) electrons. The van der Waals surface area contributed by atoms with Crippen LogP contribution in [0, 0.1) is 11.6 Å². The molecule has 1 aliphatic carbocycles. The molecule has 2 aliphatic rings. The van der Waals surface area contributed by atoms with Crippen molar-refractivity contribution in [3.8, 4) is 5.75 Å². The Morgan fingerprint density at radius 1 is 0.979 bits per heavy atom. The standard InChI is InChI=1S/C35H28ClF5N2O3S/c1-46-24-9-6-19(7-10-24)18-43-32(27-15-22(37)8-11-29(27)36)31-28(34(43)45)16-26(47-25-4-2-3-5-25)17-30(31)42-33(44)20-12-21(35(39,40)41)14-23(38)13-20/h6-17,25,32H,2-5,18H2,1H3,(H,42,44). The summed E-state index contributed by atoms with van der Waals surface area (Å²) >= 11 is 8.16. The number of amides is 2. The number of rotatable bonds is 8. The van der Waals surface area contributed by atoms with E-state index >= 15 is 0 Å². The molecule has 0 saturated heterocycles. The highest BCUT2D eigenvalue weighted by molar-refractivity contribution is 8.00. The number of nitrogens with zero attached hydrogens (tertiary/aromatic N) is 1. The Balaban J connectivity index is 1.49. The Labute approximate surface area is 277 Å². The Hall–Kier alpha value is -4.09. The van der Waals surface area contributed by atoms with Crippen LogP contribution in [0.25, 0.3) is 0 Å². The lowest BCUT2D eigenvalue weighted by atomic mass is 9.95. The van der Waals surface area contributed by atoms with Gasteiger partial charge in [0.1, 0.15) is 17.4 Å². The van der Waals surface area contributed by atoms with Crippen molar-refractivity contribution in [2.24, 2.45) is 0 Å². The maximum Gasteiger partial charge on any atom is 0.416 e. The summed E-state index contributed by atoms with van der Waals surface area (Å²) in [5.74, 6) is -2.64. The topological polar surface area (TPSA) is 58.6 Å². The minimum Gasteiger partial charge on any atom is -0.497 e. The molecule has 4 aromatic rings. The largest absolute Gasteiger partial charge is 0.497 e. The summed E-state index contributed by atoms with van der Waals surface area (Å²) in [7, 11) is 1.53. The Kier molecular flexibility index (Phi) is 9.22. The summed E-state index contributed by atoms with van der Waals surface area (Å²) in [5, 5.41) is 3.10. The number of anilines is 1. The number of thioether (sulfide) groups is 1. The molecule has 47 heavy (non-hydrogen) atoms. The summed E-state index contributed by atoms with van der Waals surface area (Å²) in [5.41, 5.74) is -0.228. The molecule has 1 unspecified atom stereocenters. The van der Waals surface area contributed by atoms with E-state index in [0.29, 0.717) is 34.4 Å². The van der Waals surface area contributed by atoms with Gasteiger partial charge in [-0.1, -0.05) is 36.6 Å². The number of alkyl halides is 3. The summed E-state index contributed by atoms with van der Waals surface area (Å²) in [6, 6.07) is 14.8. The van der Waals surface area contributed by atoms with E-state index in [9.17, 15) is 31.5 Å². The van der Waals surface area contributed by atoms with E-state index in [4.69, 9.17) is 16.3 Å². The maximum atomic E-state index is 14.7. The number of carbonyl (C=O) groups excluding carboxylic acids is 2. The summed E-state index contributed by atoms with van der Waals surface area (Å²) in [6.45, 7) is 0.0757. The number of methoxy groups -OCH3 is 1. The zero-order valence-corrected chi connectivity index (χ0v) is 26.5. The molecular weight excluding hydrogens is 659 g/mol. The van der Waals surface area contributed by atoms with Crippen molar-refractivity contribution in [2.45, 2.75) is 54.6 Å². The van der Waals surface area contributed by atoms with E-state index in [0.717, 1.165) is 31.2 Å². The monoisotopic (exact) mass is 686 g/mol. The van der Waals surface area contributed by atoms with Crippen LogP contribution >= 0.6 is 23.4 Å². The number of hydrogen-bond donors (Lipinski definition) is 1. The molecule has 1 saturated carbocycles. The van der Waals surface area contributed by atoms with Gasteiger partial charge in [-0.15, -0.1) is 11.8 Å². The molecule has 1 fully saturated rings. The van der Waals surface area contributed by atoms with Crippen LogP contribution in [0.2, 0.25) is 5.02 Å². The van der Waals surface area contributed by atoms with Crippen molar-refractivity contribution >= 4 is 40.9 Å². The van der Waals surface area contributed by atoms with Crippen LogP contribution in [0.1, 0.15) is 74.7 Å². The zero-order valence-electron chi connectivity index (χ0n) is 25.0. The highest BCUT2D eigenvalue weighted by atomic mass is 35.5. The normalized spacial score (nSPS) is 16.4. The SMILES string of the molecule is COc1ccc(CN2C(=O)c3cc(SC4CCCC4)cc(NC(=O)c4cc(F)cc(C(F)(F)F)c4)c3C2c2cc(F)ccc2Cl)cc1. The first kappa shape index (κ1) is 32.8. The van der Waals surface area contributed by atoms with Crippen molar-refractivity contribution in [1.82, 2.24) is 4.90 Å².